The fourth-order valence-electron chi connectivity index (χ4n) is 1.41. The van der Waals surface area contributed by atoms with Crippen molar-refractivity contribution in [1.29, 1.82) is 0 Å². The lowest BCUT2D eigenvalue weighted by Gasteiger charge is -2.00. The van der Waals surface area contributed by atoms with Crippen LogP contribution in [0.15, 0.2) is 29.1 Å². The van der Waals surface area contributed by atoms with Crippen molar-refractivity contribution >= 4 is 33.5 Å². The van der Waals surface area contributed by atoms with Gasteiger partial charge in [0.05, 0.1) is 19.0 Å². The van der Waals surface area contributed by atoms with Crippen LogP contribution in [0.4, 0.5) is 5.69 Å². The third kappa shape index (κ3) is 3.44. The number of esters is 1. The maximum atomic E-state index is 11.8. The summed E-state index contributed by atoms with van der Waals surface area (Å²) in [4.78, 5) is 25.7. The molecule has 2 N–H and O–H groups in total. The van der Waals surface area contributed by atoms with Crippen LogP contribution in [0.5, 0.6) is 0 Å². The Bertz CT molecular complexity index is 605. The Morgan fingerprint density at radius 2 is 2.37 bits per heavy atom. The highest BCUT2D eigenvalue weighted by molar-refractivity contribution is 9.10. The van der Waals surface area contributed by atoms with E-state index in [0.29, 0.717) is 11.4 Å². The molecular formula is C11H11BrN4O3. The number of aromatic nitrogens is 3. The monoisotopic (exact) mass is 326 g/mol. The molecule has 100 valence electrons. The number of nitrogens with zero attached hydrogens (tertiary/aromatic N) is 2. The quantitative estimate of drug-likeness (QED) is 0.831. The Hall–Kier alpha value is -2.09. The molecule has 0 fully saturated rings. The van der Waals surface area contributed by atoms with Crippen molar-refractivity contribution in [2.24, 2.45) is 0 Å². The maximum Gasteiger partial charge on any atom is 0.327 e. The number of H-pyrrole nitrogens is 1. The lowest BCUT2D eigenvalue weighted by Crippen LogP contribution is -2.13. The molecular weight excluding hydrogens is 316 g/mol. The van der Waals surface area contributed by atoms with Crippen LogP contribution in [0, 0.1) is 0 Å². The summed E-state index contributed by atoms with van der Waals surface area (Å²) < 4.78 is 6.69. The molecule has 2 aromatic rings. The highest BCUT2D eigenvalue weighted by Gasteiger charge is 2.10. The van der Waals surface area contributed by atoms with Crippen LogP contribution in [0.2, 0.25) is 0 Å². The summed E-state index contributed by atoms with van der Waals surface area (Å²) in [5.74, 6) is -0.697. The van der Waals surface area contributed by atoms with Crippen LogP contribution >= 0.6 is 15.9 Å². The van der Waals surface area contributed by atoms with E-state index in [2.05, 4.69) is 36.1 Å². The second-order valence-corrected chi connectivity index (χ2v) is 4.60. The number of methoxy groups -OCH3 is 1. The van der Waals surface area contributed by atoms with Gasteiger partial charge in [-0.15, -0.1) is 0 Å². The first-order valence-corrected chi connectivity index (χ1v) is 6.12. The molecule has 8 heteroatoms. The van der Waals surface area contributed by atoms with Crippen molar-refractivity contribution in [2.75, 3.05) is 12.4 Å². The minimum absolute atomic E-state index is 0.000417. The highest BCUT2D eigenvalue weighted by Crippen LogP contribution is 2.12. The van der Waals surface area contributed by atoms with Crippen LogP contribution in [0.1, 0.15) is 10.5 Å². The third-order valence-corrected chi connectivity index (χ3v) is 2.76. The van der Waals surface area contributed by atoms with Gasteiger partial charge in [0.15, 0.2) is 0 Å². The van der Waals surface area contributed by atoms with Gasteiger partial charge in [-0.05, 0) is 22.0 Å². The zero-order chi connectivity index (χ0) is 13.8. The first-order valence-electron chi connectivity index (χ1n) is 5.33. The summed E-state index contributed by atoms with van der Waals surface area (Å²) in [7, 11) is 1.30. The van der Waals surface area contributed by atoms with Gasteiger partial charge in [0.25, 0.3) is 5.91 Å². The van der Waals surface area contributed by atoms with E-state index in [1.807, 2.05) is 0 Å². The Kier molecular flexibility index (Phi) is 4.00. The normalized spacial score (nSPS) is 10.2. The molecule has 0 aromatic carbocycles. The van der Waals surface area contributed by atoms with E-state index in [0.717, 1.165) is 4.47 Å². The average molecular weight is 327 g/mol. The van der Waals surface area contributed by atoms with Gasteiger partial charge < -0.3 is 15.0 Å². The molecule has 7 nitrogen and oxygen atoms in total. The topological polar surface area (TPSA) is 89.0 Å². The number of hydrogen-bond acceptors (Lipinski definition) is 4. The van der Waals surface area contributed by atoms with Crippen LogP contribution in [0.25, 0.3) is 0 Å². The number of hydrogen-bond donors (Lipinski definition) is 2. The predicted octanol–water partition coefficient (Wildman–Crippen LogP) is 1.40. The van der Waals surface area contributed by atoms with Crippen LogP contribution in [0.3, 0.4) is 0 Å². The van der Waals surface area contributed by atoms with Crippen molar-refractivity contribution in [2.45, 2.75) is 6.54 Å². The number of carbonyl (C=O) groups is 2. The van der Waals surface area contributed by atoms with Crippen molar-refractivity contribution in [3.8, 4) is 0 Å². The summed E-state index contributed by atoms with van der Waals surface area (Å²) in [6.07, 6.45) is 4.67. The number of ether oxygens (including phenoxy) is 1. The molecule has 2 aromatic heterocycles. The fraction of sp³-hybridized carbons (Fsp3) is 0.182. The zero-order valence-corrected chi connectivity index (χ0v) is 11.6. The summed E-state index contributed by atoms with van der Waals surface area (Å²) in [6.45, 7) is 0.000417. The van der Waals surface area contributed by atoms with Crippen LogP contribution < -0.4 is 5.32 Å². The standard InChI is InChI=1S/C11H11BrN4O3/c1-19-10(17)6-16-5-8(4-14-16)15-11(18)9-2-7(12)3-13-9/h2-5,13H,6H2,1H3,(H,15,18). The Morgan fingerprint density at radius 1 is 1.58 bits per heavy atom. The van der Waals surface area contributed by atoms with Crippen molar-refractivity contribution in [1.82, 2.24) is 14.8 Å². The number of amides is 1. The van der Waals surface area contributed by atoms with Gasteiger partial charge in [0.2, 0.25) is 0 Å². The van der Waals surface area contributed by atoms with Gasteiger partial charge in [-0.3, -0.25) is 14.3 Å². The number of anilines is 1. The van der Waals surface area contributed by atoms with Gasteiger partial charge in [-0.1, -0.05) is 0 Å². The molecule has 0 aliphatic carbocycles. The molecule has 0 aliphatic heterocycles. The Morgan fingerprint density at radius 3 is 3.00 bits per heavy atom. The van der Waals surface area contributed by atoms with E-state index in [4.69, 9.17) is 0 Å². The summed E-state index contributed by atoms with van der Waals surface area (Å²) >= 11 is 3.25. The lowest BCUT2D eigenvalue weighted by molar-refractivity contribution is -0.141. The fourth-order valence-corrected chi connectivity index (χ4v) is 1.75. The van der Waals surface area contributed by atoms with E-state index < -0.39 is 5.97 Å². The van der Waals surface area contributed by atoms with E-state index in [1.165, 1.54) is 18.0 Å². The lowest BCUT2D eigenvalue weighted by atomic mass is 10.4. The van der Waals surface area contributed by atoms with Crippen LogP contribution in [-0.4, -0.2) is 33.8 Å². The second-order valence-electron chi connectivity index (χ2n) is 3.69. The first-order chi connectivity index (χ1) is 9.08. The van der Waals surface area contributed by atoms with Crippen molar-refractivity contribution < 1.29 is 14.3 Å². The zero-order valence-electron chi connectivity index (χ0n) is 10.0. The number of halogens is 1. The first kappa shape index (κ1) is 13.3. The minimum Gasteiger partial charge on any atom is -0.468 e. The van der Waals surface area contributed by atoms with Crippen molar-refractivity contribution in [3.63, 3.8) is 0 Å². The summed E-state index contributed by atoms with van der Waals surface area (Å²) in [5.41, 5.74) is 0.923. The third-order valence-electron chi connectivity index (χ3n) is 2.30. The van der Waals surface area contributed by atoms with Crippen LogP contribution in [-0.2, 0) is 16.1 Å². The minimum atomic E-state index is -0.408. The van der Waals surface area contributed by atoms with Gasteiger partial charge in [-0.25, -0.2) is 0 Å². The van der Waals surface area contributed by atoms with Gasteiger partial charge in [0.1, 0.15) is 12.2 Å². The average Bonchev–Trinajstić information content (AvgIpc) is 2.98. The summed E-state index contributed by atoms with van der Waals surface area (Å²) in [6, 6.07) is 1.66. The smallest absolute Gasteiger partial charge is 0.327 e. The maximum absolute atomic E-state index is 11.8. The molecule has 0 saturated carbocycles. The predicted molar refractivity (Wildman–Crippen MR) is 70.7 cm³/mol. The molecule has 2 heterocycles. The van der Waals surface area contributed by atoms with Gasteiger partial charge in [-0.2, -0.15) is 5.10 Å². The highest BCUT2D eigenvalue weighted by atomic mass is 79.9. The number of carbonyl (C=O) groups excluding carboxylic acids is 2. The number of rotatable bonds is 4. The molecule has 19 heavy (non-hydrogen) atoms. The molecule has 2 rings (SSSR count). The molecule has 0 radical (unpaired) electrons. The van der Waals surface area contributed by atoms with E-state index in [-0.39, 0.29) is 12.5 Å². The molecule has 0 atom stereocenters. The van der Waals surface area contributed by atoms with Crippen molar-refractivity contribution in [3.05, 3.63) is 34.8 Å². The van der Waals surface area contributed by atoms with E-state index >= 15 is 0 Å². The van der Waals surface area contributed by atoms with E-state index in [9.17, 15) is 9.59 Å². The molecule has 0 aliphatic rings. The second kappa shape index (κ2) is 5.70. The molecule has 0 saturated heterocycles. The Balaban J connectivity index is 2.00. The Labute approximate surface area is 117 Å². The largest absolute Gasteiger partial charge is 0.468 e. The SMILES string of the molecule is COC(=O)Cn1cc(NC(=O)c2cc(Br)c[nH]2)cn1. The number of aromatic amines is 1. The molecule has 1 amide bonds. The molecule has 0 bridgehead atoms. The summed E-state index contributed by atoms with van der Waals surface area (Å²) in [5, 5.41) is 6.59. The number of nitrogens with one attached hydrogen (secondary N) is 2. The molecule has 0 unspecified atom stereocenters. The van der Waals surface area contributed by atoms with Gasteiger partial charge >= 0.3 is 5.97 Å². The molecule has 0 spiro atoms. The van der Waals surface area contributed by atoms with E-state index in [1.54, 1.807) is 18.5 Å². The van der Waals surface area contributed by atoms with Gasteiger partial charge in [0, 0.05) is 16.9 Å².